The van der Waals surface area contributed by atoms with Crippen molar-refractivity contribution >= 4 is 23.6 Å². The first-order valence-corrected chi connectivity index (χ1v) is 6.62. The monoisotopic (exact) mass is 278 g/mol. The topological polar surface area (TPSA) is 75.4 Å². The SMILES string of the molecule is Cc1cc(NC(=O)[C@@H](C)Sc2ccc(O)cc2)on1. The van der Waals surface area contributed by atoms with Crippen LogP contribution in [0.4, 0.5) is 5.88 Å². The zero-order chi connectivity index (χ0) is 13.8. The van der Waals surface area contributed by atoms with Gasteiger partial charge in [0, 0.05) is 11.0 Å². The Bertz CT molecular complexity index is 566. The Balaban J connectivity index is 1.94. The van der Waals surface area contributed by atoms with E-state index in [-0.39, 0.29) is 16.9 Å². The van der Waals surface area contributed by atoms with Crippen LogP contribution in [-0.2, 0) is 4.79 Å². The van der Waals surface area contributed by atoms with Crippen LogP contribution in [0.3, 0.4) is 0 Å². The minimum absolute atomic E-state index is 0.158. The molecule has 5 nitrogen and oxygen atoms in total. The number of benzene rings is 1. The first-order valence-electron chi connectivity index (χ1n) is 5.74. The summed E-state index contributed by atoms with van der Waals surface area (Å²) >= 11 is 1.40. The van der Waals surface area contributed by atoms with Gasteiger partial charge in [0.2, 0.25) is 11.8 Å². The second-order valence-electron chi connectivity index (χ2n) is 4.08. The van der Waals surface area contributed by atoms with E-state index in [1.165, 1.54) is 11.8 Å². The van der Waals surface area contributed by atoms with Crippen molar-refractivity contribution in [3.8, 4) is 5.75 Å². The molecule has 1 aromatic heterocycles. The zero-order valence-corrected chi connectivity index (χ0v) is 11.4. The van der Waals surface area contributed by atoms with Gasteiger partial charge in [-0.2, -0.15) is 0 Å². The van der Waals surface area contributed by atoms with Gasteiger partial charge in [0.1, 0.15) is 5.75 Å². The lowest BCUT2D eigenvalue weighted by Crippen LogP contribution is -2.22. The number of carbonyl (C=O) groups excluding carboxylic acids is 1. The first kappa shape index (κ1) is 13.5. The lowest BCUT2D eigenvalue weighted by molar-refractivity contribution is -0.115. The van der Waals surface area contributed by atoms with E-state index in [2.05, 4.69) is 10.5 Å². The molecule has 0 aliphatic heterocycles. The Morgan fingerprint density at radius 2 is 2.11 bits per heavy atom. The van der Waals surface area contributed by atoms with E-state index in [9.17, 15) is 9.90 Å². The number of phenolic OH excluding ortho intramolecular Hbond substituents is 1. The number of hydrogen-bond acceptors (Lipinski definition) is 5. The summed E-state index contributed by atoms with van der Waals surface area (Å²) in [7, 11) is 0. The van der Waals surface area contributed by atoms with Gasteiger partial charge in [-0.25, -0.2) is 0 Å². The molecule has 0 spiro atoms. The molecular formula is C13H14N2O3S. The largest absolute Gasteiger partial charge is 0.508 e. The van der Waals surface area contributed by atoms with Gasteiger partial charge in [0.05, 0.1) is 10.9 Å². The van der Waals surface area contributed by atoms with Gasteiger partial charge in [-0.3, -0.25) is 10.1 Å². The van der Waals surface area contributed by atoms with E-state index in [1.54, 1.807) is 44.2 Å². The highest BCUT2D eigenvalue weighted by atomic mass is 32.2. The maximum Gasteiger partial charge on any atom is 0.239 e. The molecule has 0 bridgehead atoms. The number of anilines is 1. The minimum atomic E-state index is -0.282. The summed E-state index contributed by atoms with van der Waals surface area (Å²) in [5, 5.41) is 15.3. The number of carbonyl (C=O) groups is 1. The number of aromatic nitrogens is 1. The molecule has 19 heavy (non-hydrogen) atoms. The normalized spacial score (nSPS) is 12.1. The van der Waals surface area contributed by atoms with Gasteiger partial charge in [0.15, 0.2) is 0 Å². The molecule has 1 heterocycles. The zero-order valence-electron chi connectivity index (χ0n) is 10.6. The van der Waals surface area contributed by atoms with Crippen molar-refractivity contribution in [1.82, 2.24) is 5.16 Å². The molecule has 1 amide bonds. The molecule has 0 fully saturated rings. The second kappa shape index (κ2) is 5.79. The second-order valence-corrected chi connectivity index (χ2v) is 5.49. The summed E-state index contributed by atoms with van der Waals surface area (Å²) < 4.78 is 4.93. The molecule has 2 aromatic rings. The fourth-order valence-electron chi connectivity index (χ4n) is 1.43. The van der Waals surface area contributed by atoms with Crippen molar-refractivity contribution < 1.29 is 14.4 Å². The summed E-state index contributed by atoms with van der Waals surface area (Å²) in [4.78, 5) is 12.8. The fourth-order valence-corrected chi connectivity index (χ4v) is 2.30. The maximum atomic E-state index is 11.9. The van der Waals surface area contributed by atoms with Crippen molar-refractivity contribution in [1.29, 1.82) is 0 Å². The molecule has 0 aliphatic rings. The van der Waals surface area contributed by atoms with Crippen LogP contribution in [-0.4, -0.2) is 21.4 Å². The van der Waals surface area contributed by atoms with E-state index >= 15 is 0 Å². The fraction of sp³-hybridized carbons (Fsp3) is 0.231. The van der Waals surface area contributed by atoms with Gasteiger partial charge >= 0.3 is 0 Å². The molecule has 0 saturated carbocycles. The Morgan fingerprint density at radius 3 is 2.68 bits per heavy atom. The predicted molar refractivity (Wildman–Crippen MR) is 73.3 cm³/mol. The minimum Gasteiger partial charge on any atom is -0.508 e. The van der Waals surface area contributed by atoms with Crippen molar-refractivity contribution in [3.05, 3.63) is 36.0 Å². The van der Waals surface area contributed by atoms with Gasteiger partial charge in [-0.05, 0) is 38.1 Å². The van der Waals surface area contributed by atoms with E-state index in [1.807, 2.05) is 0 Å². The van der Waals surface area contributed by atoms with Crippen molar-refractivity contribution in [2.75, 3.05) is 5.32 Å². The van der Waals surface area contributed by atoms with Crippen LogP contribution < -0.4 is 5.32 Å². The van der Waals surface area contributed by atoms with E-state index in [4.69, 9.17) is 4.52 Å². The van der Waals surface area contributed by atoms with Crippen LogP contribution >= 0.6 is 11.8 Å². The number of aryl methyl sites for hydroxylation is 1. The highest BCUT2D eigenvalue weighted by Crippen LogP contribution is 2.25. The third-order valence-corrected chi connectivity index (χ3v) is 3.51. The Morgan fingerprint density at radius 1 is 1.42 bits per heavy atom. The van der Waals surface area contributed by atoms with Crippen LogP contribution in [0.15, 0.2) is 39.8 Å². The van der Waals surface area contributed by atoms with Gasteiger partial charge < -0.3 is 9.63 Å². The predicted octanol–water partition coefficient (Wildman–Crippen LogP) is 2.81. The number of nitrogens with zero attached hydrogens (tertiary/aromatic N) is 1. The Kier molecular flexibility index (Phi) is 4.11. The van der Waals surface area contributed by atoms with Crippen LogP contribution in [0.2, 0.25) is 0 Å². The number of phenols is 1. The molecule has 0 aliphatic carbocycles. The lowest BCUT2D eigenvalue weighted by atomic mass is 10.3. The molecule has 0 unspecified atom stereocenters. The molecule has 0 saturated heterocycles. The van der Waals surface area contributed by atoms with Crippen molar-refractivity contribution in [3.63, 3.8) is 0 Å². The summed E-state index contributed by atoms with van der Waals surface area (Å²) in [5.41, 5.74) is 0.717. The Hall–Kier alpha value is -1.95. The summed E-state index contributed by atoms with van der Waals surface area (Å²) in [6.45, 7) is 3.59. The first-order chi connectivity index (χ1) is 9.04. The smallest absolute Gasteiger partial charge is 0.239 e. The molecule has 6 heteroatoms. The van der Waals surface area contributed by atoms with E-state index in [0.717, 1.165) is 4.90 Å². The quantitative estimate of drug-likeness (QED) is 0.841. The number of amides is 1. The van der Waals surface area contributed by atoms with Gasteiger partial charge in [-0.1, -0.05) is 5.16 Å². The average molecular weight is 278 g/mol. The van der Waals surface area contributed by atoms with Crippen molar-refractivity contribution in [2.24, 2.45) is 0 Å². The lowest BCUT2D eigenvalue weighted by Gasteiger charge is -2.10. The van der Waals surface area contributed by atoms with Gasteiger partial charge in [-0.15, -0.1) is 11.8 Å². The standard InChI is InChI=1S/C13H14N2O3S/c1-8-7-12(18-15-8)14-13(17)9(2)19-11-5-3-10(16)4-6-11/h3-7,9,16H,1-2H3,(H,14,17)/t9-/m1/s1. The summed E-state index contributed by atoms with van der Waals surface area (Å²) in [5.74, 6) is 0.397. The van der Waals surface area contributed by atoms with Crippen LogP contribution in [0.25, 0.3) is 0 Å². The number of hydrogen-bond donors (Lipinski definition) is 2. The average Bonchev–Trinajstić information content (AvgIpc) is 2.77. The molecule has 1 atom stereocenters. The molecule has 0 radical (unpaired) electrons. The highest BCUT2D eigenvalue weighted by Gasteiger charge is 2.16. The van der Waals surface area contributed by atoms with E-state index < -0.39 is 0 Å². The molecule has 2 rings (SSSR count). The number of rotatable bonds is 4. The van der Waals surface area contributed by atoms with Crippen LogP contribution in [0.5, 0.6) is 5.75 Å². The third kappa shape index (κ3) is 3.75. The third-order valence-electron chi connectivity index (χ3n) is 2.39. The number of thioether (sulfide) groups is 1. The molecular weight excluding hydrogens is 264 g/mol. The summed E-state index contributed by atoms with van der Waals surface area (Å²) in [6.07, 6.45) is 0. The number of aromatic hydroxyl groups is 1. The summed E-state index contributed by atoms with van der Waals surface area (Å²) in [6, 6.07) is 8.38. The van der Waals surface area contributed by atoms with Crippen LogP contribution in [0.1, 0.15) is 12.6 Å². The highest BCUT2D eigenvalue weighted by molar-refractivity contribution is 8.00. The molecule has 2 N–H and O–H groups in total. The number of nitrogens with one attached hydrogen (secondary N) is 1. The molecule has 100 valence electrons. The Labute approximate surface area is 115 Å². The van der Waals surface area contributed by atoms with E-state index in [0.29, 0.717) is 11.6 Å². The van der Waals surface area contributed by atoms with Gasteiger partial charge in [0.25, 0.3) is 0 Å². The maximum absolute atomic E-state index is 11.9. The van der Waals surface area contributed by atoms with Crippen molar-refractivity contribution in [2.45, 2.75) is 24.0 Å². The molecule has 1 aromatic carbocycles. The van der Waals surface area contributed by atoms with Crippen LogP contribution in [0, 0.1) is 6.92 Å².